The van der Waals surface area contributed by atoms with Crippen molar-refractivity contribution in [1.82, 2.24) is 0 Å². The Bertz CT molecular complexity index is 391. The van der Waals surface area contributed by atoms with Crippen molar-refractivity contribution in [2.45, 2.75) is 5.51 Å². The zero-order valence-electron chi connectivity index (χ0n) is 6.69. The zero-order valence-corrected chi connectivity index (χ0v) is 7.50. The summed E-state index contributed by atoms with van der Waals surface area (Å²) in [6.07, 6.45) is 0.167. The van der Waals surface area contributed by atoms with Crippen molar-refractivity contribution in [3.8, 4) is 0 Å². The number of carbonyl (C=O) groups excluding carboxylic acids is 1. The predicted octanol–water partition coefficient (Wildman–Crippen LogP) is 0.0200. The van der Waals surface area contributed by atoms with Crippen LogP contribution in [0.15, 0.2) is 12.2 Å². The Kier molecular flexibility index (Phi) is 3.84. The van der Waals surface area contributed by atoms with Crippen LogP contribution >= 0.6 is 0 Å². The molecule has 0 fully saturated rings. The summed E-state index contributed by atoms with van der Waals surface area (Å²) in [7, 11) is -6.04. The van der Waals surface area contributed by atoms with E-state index >= 15 is 0 Å². The zero-order chi connectivity index (χ0) is 12.3. The van der Waals surface area contributed by atoms with Crippen LogP contribution in [0.3, 0.4) is 0 Å². The first-order valence-corrected chi connectivity index (χ1v) is 4.43. The first-order valence-electron chi connectivity index (χ1n) is 3.02. The molecule has 0 heterocycles. The second kappa shape index (κ2) is 4.29. The number of alkyl halides is 3. The van der Waals surface area contributed by atoms with Crippen molar-refractivity contribution < 1.29 is 40.5 Å². The van der Waals surface area contributed by atoms with Gasteiger partial charge in [0.05, 0.1) is 0 Å². The van der Waals surface area contributed by atoms with Gasteiger partial charge in [0.1, 0.15) is 0 Å². The highest BCUT2D eigenvalue weighted by Crippen LogP contribution is 2.24. The molecule has 0 rings (SSSR count). The van der Waals surface area contributed by atoms with E-state index < -0.39 is 27.6 Å². The van der Waals surface area contributed by atoms with Crippen LogP contribution in [-0.4, -0.2) is 31.0 Å². The van der Waals surface area contributed by atoms with Crippen LogP contribution in [0.2, 0.25) is 0 Å². The highest BCUT2D eigenvalue weighted by Gasteiger charge is 2.49. The molecule has 6 nitrogen and oxygen atoms in total. The molecule has 86 valence electrons. The predicted molar refractivity (Wildman–Crippen MR) is 37.8 cm³/mol. The lowest BCUT2D eigenvalue weighted by Gasteiger charge is -2.05. The number of rotatable bonds is 3. The van der Waals surface area contributed by atoms with Gasteiger partial charge in [-0.3, -0.25) is 0 Å². The van der Waals surface area contributed by atoms with E-state index in [0.29, 0.717) is 0 Å². The Balaban J connectivity index is 4.65. The first kappa shape index (κ1) is 13.4. The Morgan fingerprint density at radius 1 is 1.20 bits per heavy atom. The third-order valence-electron chi connectivity index (χ3n) is 0.837. The molecule has 0 aromatic heterocycles. The summed E-state index contributed by atoms with van der Waals surface area (Å²) in [4.78, 5) is 20.2. The monoisotopic (exact) mass is 248 g/mol. The smallest absolute Gasteiger partial charge is 0.478 e. The summed E-state index contributed by atoms with van der Waals surface area (Å²) in [5, 5.41) is 7.95. The number of carbonyl (C=O) groups is 2. The lowest BCUT2D eigenvalue weighted by atomic mass is 10.5. The number of aliphatic carboxylic acids is 1. The highest BCUT2D eigenvalue weighted by atomic mass is 32.2. The molecule has 1 N–H and O–H groups in total. The fraction of sp³-hybridized carbons (Fsp3) is 0.200. The van der Waals surface area contributed by atoms with E-state index in [2.05, 4.69) is 4.18 Å². The maximum Gasteiger partial charge on any atom is 0.534 e. The number of hydrogen-bond donors (Lipinski definition) is 1. The molecule has 0 saturated carbocycles. The van der Waals surface area contributed by atoms with Gasteiger partial charge in [0, 0.05) is 12.2 Å². The molecular formula is C5H3F3O6S. The van der Waals surface area contributed by atoms with Crippen molar-refractivity contribution in [2.75, 3.05) is 0 Å². The van der Waals surface area contributed by atoms with Crippen molar-refractivity contribution in [1.29, 1.82) is 0 Å². The van der Waals surface area contributed by atoms with Crippen LogP contribution in [0, 0.1) is 0 Å². The number of halogens is 3. The SMILES string of the molecule is O=C(O)/C=C\C(=O)OS(=O)(=O)C(F)(F)F. The Morgan fingerprint density at radius 2 is 1.67 bits per heavy atom. The van der Waals surface area contributed by atoms with E-state index in [9.17, 15) is 31.2 Å². The average Bonchev–Trinajstić information content (AvgIpc) is 1.97. The molecule has 0 radical (unpaired) electrons. The normalized spacial score (nSPS) is 12.7. The molecule has 0 aromatic rings. The minimum atomic E-state index is -6.04. The summed E-state index contributed by atoms with van der Waals surface area (Å²) in [5.74, 6) is -3.59. The second-order valence-corrected chi connectivity index (χ2v) is 3.51. The minimum Gasteiger partial charge on any atom is -0.478 e. The van der Waals surface area contributed by atoms with Gasteiger partial charge in [0.15, 0.2) is 0 Å². The molecule has 0 aliphatic heterocycles. The molecule has 10 heteroatoms. The van der Waals surface area contributed by atoms with Gasteiger partial charge in [0.2, 0.25) is 0 Å². The minimum absolute atomic E-state index is 0.0334. The summed E-state index contributed by atoms with van der Waals surface area (Å²) in [6.45, 7) is 0. The quantitative estimate of drug-likeness (QED) is 0.429. The van der Waals surface area contributed by atoms with E-state index in [0.717, 1.165) is 0 Å². The highest BCUT2D eigenvalue weighted by molar-refractivity contribution is 7.88. The number of carboxylic acid groups (broad SMARTS) is 1. The Morgan fingerprint density at radius 3 is 2.00 bits per heavy atom. The van der Waals surface area contributed by atoms with Crippen LogP contribution in [0.1, 0.15) is 0 Å². The summed E-state index contributed by atoms with van der Waals surface area (Å²) < 4.78 is 58.1. The molecule has 0 aliphatic carbocycles. The third kappa shape index (κ3) is 4.44. The number of carboxylic acids is 1. The largest absolute Gasteiger partial charge is 0.534 e. The van der Waals surface area contributed by atoms with Crippen LogP contribution in [0.4, 0.5) is 13.2 Å². The van der Waals surface area contributed by atoms with Gasteiger partial charge in [0.25, 0.3) is 0 Å². The first-order chi connectivity index (χ1) is 6.56. The lowest BCUT2D eigenvalue weighted by Crippen LogP contribution is -2.27. The van der Waals surface area contributed by atoms with Gasteiger partial charge in [-0.15, -0.1) is 0 Å². The van der Waals surface area contributed by atoms with Crippen LogP contribution in [0.25, 0.3) is 0 Å². The standard InChI is InChI=1S/C5H3F3O6S/c6-5(7,8)15(12,13)14-4(11)2-1-3(9)10/h1-2H,(H,9,10)/b2-1-. The van der Waals surface area contributed by atoms with Crippen LogP contribution in [-0.2, 0) is 23.9 Å². The summed E-state index contributed by atoms with van der Waals surface area (Å²) >= 11 is 0. The van der Waals surface area contributed by atoms with E-state index in [1.165, 1.54) is 0 Å². The molecule has 0 aromatic carbocycles. The van der Waals surface area contributed by atoms with Gasteiger partial charge >= 0.3 is 27.6 Å². The van der Waals surface area contributed by atoms with Gasteiger partial charge < -0.3 is 9.29 Å². The van der Waals surface area contributed by atoms with E-state index in [-0.39, 0.29) is 12.2 Å². The summed E-state index contributed by atoms with van der Waals surface area (Å²) in [5.41, 5.74) is -5.74. The lowest BCUT2D eigenvalue weighted by molar-refractivity contribution is -0.133. The molecule has 0 unspecified atom stereocenters. The fourth-order valence-electron chi connectivity index (χ4n) is 0.322. The second-order valence-electron chi connectivity index (χ2n) is 1.97. The van der Waals surface area contributed by atoms with Gasteiger partial charge in [-0.05, 0) is 0 Å². The van der Waals surface area contributed by atoms with Crippen LogP contribution < -0.4 is 0 Å². The van der Waals surface area contributed by atoms with Crippen molar-refractivity contribution >= 4 is 22.1 Å². The Hall–Kier alpha value is -1.58. The van der Waals surface area contributed by atoms with Crippen molar-refractivity contribution in [3.05, 3.63) is 12.2 Å². The van der Waals surface area contributed by atoms with Gasteiger partial charge in [-0.1, -0.05) is 0 Å². The maximum atomic E-state index is 11.6. The van der Waals surface area contributed by atoms with E-state index in [1.807, 2.05) is 0 Å². The number of hydrogen-bond acceptors (Lipinski definition) is 5. The third-order valence-corrected chi connectivity index (χ3v) is 1.79. The van der Waals surface area contributed by atoms with Crippen LogP contribution in [0.5, 0.6) is 0 Å². The van der Waals surface area contributed by atoms with E-state index in [4.69, 9.17) is 5.11 Å². The maximum absolute atomic E-state index is 11.6. The molecule has 0 saturated heterocycles. The van der Waals surface area contributed by atoms with Gasteiger partial charge in [-0.25, -0.2) is 9.59 Å². The average molecular weight is 248 g/mol. The molecule has 0 spiro atoms. The Labute approximate surface area is 81.1 Å². The fourth-order valence-corrected chi connectivity index (χ4v) is 0.689. The van der Waals surface area contributed by atoms with E-state index in [1.54, 1.807) is 0 Å². The molecule has 0 aliphatic rings. The molecule has 0 bridgehead atoms. The molecule has 0 amide bonds. The molecule has 15 heavy (non-hydrogen) atoms. The summed E-state index contributed by atoms with van der Waals surface area (Å²) in [6, 6.07) is 0. The van der Waals surface area contributed by atoms with Crippen molar-refractivity contribution in [3.63, 3.8) is 0 Å². The topological polar surface area (TPSA) is 97.7 Å². The molecular weight excluding hydrogens is 245 g/mol. The van der Waals surface area contributed by atoms with Crippen molar-refractivity contribution in [2.24, 2.45) is 0 Å². The van der Waals surface area contributed by atoms with Gasteiger partial charge in [-0.2, -0.15) is 21.6 Å². The molecule has 0 atom stereocenters.